The molecule has 1 atom stereocenters. The van der Waals surface area contributed by atoms with Crippen LogP contribution >= 0.6 is 0 Å². The molecule has 1 aromatic carbocycles. The maximum atomic E-state index is 12.6. The van der Waals surface area contributed by atoms with Gasteiger partial charge in [-0.15, -0.1) is 10.2 Å². The molecule has 128 valence electrons. The summed E-state index contributed by atoms with van der Waals surface area (Å²) < 4.78 is 28.4. The first kappa shape index (κ1) is 16.6. The minimum absolute atomic E-state index is 0.127. The number of likely N-dealkylation sites (tertiary alicyclic amines) is 1. The van der Waals surface area contributed by atoms with Gasteiger partial charge in [-0.1, -0.05) is 0 Å². The smallest absolute Gasteiger partial charge is 0.253 e. The zero-order valence-electron chi connectivity index (χ0n) is 13.2. The molecule has 0 aliphatic carbocycles. The molecule has 0 spiro atoms. The van der Waals surface area contributed by atoms with E-state index in [-0.39, 0.29) is 12.5 Å². The highest BCUT2D eigenvalue weighted by molar-refractivity contribution is 7.89. The fourth-order valence-electron chi connectivity index (χ4n) is 2.74. The van der Waals surface area contributed by atoms with Crippen molar-refractivity contribution in [3.63, 3.8) is 0 Å². The molecule has 9 heteroatoms. The number of nitrogens with two attached hydrogens (primary N) is 1. The third-order valence-electron chi connectivity index (χ3n) is 4.03. The maximum absolute atomic E-state index is 12.6. The Hall–Kier alpha value is -2.26. The molecule has 2 N–H and O–H groups in total. The van der Waals surface area contributed by atoms with Gasteiger partial charge >= 0.3 is 0 Å². The van der Waals surface area contributed by atoms with Gasteiger partial charge in [0.15, 0.2) is 0 Å². The number of aryl methyl sites for hydroxylation is 1. The van der Waals surface area contributed by atoms with Gasteiger partial charge in [-0.05, 0) is 37.1 Å². The molecule has 2 aromatic rings. The van der Waals surface area contributed by atoms with Gasteiger partial charge in [0, 0.05) is 31.1 Å². The SMILES string of the molecule is Cc1nnc(-c2ccc(C(=O)N3CCCC(S(N)(=O)=O)C3)cc2)o1. The number of piperidine rings is 1. The van der Waals surface area contributed by atoms with Crippen LogP contribution in [-0.4, -0.2) is 47.8 Å². The number of nitrogens with zero attached hydrogens (tertiary/aromatic N) is 3. The van der Waals surface area contributed by atoms with Crippen molar-refractivity contribution < 1.29 is 17.6 Å². The average molecular weight is 350 g/mol. The summed E-state index contributed by atoms with van der Waals surface area (Å²) in [6.45, 7) is 2.35. The number of sulfonamides is 1. The van der Waals surface area contributed by atoms with Gasteiger partial charge in [0.1, 0.15) is 0 Å². The summed E-state index contributed by atoms with van der Waals surface area (Å²) in [6.07, 6.45) is 1.10. The average Bonchev–Trinajstić information content (AvgIpc) is 3.00. The minimum atomic E-state index is -3.64. The van der Waals surface area contributed by atoms with Gasteiger partial charge in [0.05, 0.1) is 5.25 Å². The van der Waals surface area contributed by atoms with Crippen LogP contribution in [0.3, 0.4) is 0 Å². The largest absolute Gasteiger partial charge is 0.421 e. The zero-order valence-corrected chi connectivity index (χ0v) is 14.0. The number of hydrogen-bond acceptors (Lipinski definition) is 6. The van der Waals surface area contributed by atoms with Crippen LogP contribution in [0.5, 0.6) is 0 Å². The number of primary sulfonamides is 1. The second-order valence-electron chi connectivity index (χ2n) is 5.81. The zero-order chi connectivity index (χ0) is 17.3. The predicted octanol–water partition coefficient (Wildman–Crippen LogP) is 0.938. The van der Waals surface area contributed by atoms with Crippen molar-refractivity contribution in [3.05, 3.63) is 35.7 Å². The Morgan fingerprint density at radius 1 is 1.29 bits per heavy atom. The van der Waals surface area contributed by atoms with Crippen molar-refractivity contribution in [2.24, 2.45) is 5.14 Å². The molecule has 1 aliphatic heterocycles. The van der Waals surface area contributed by atoms with Crippen molar-refractivity contribution in [2.75, 3.05) is 13.1 Å². The van der Waals surface area contributed by atoms with Crippen LogP contribution in [-0.2, 0) is 10.0 Å². The predicted molar refractivity (Wildman–Crippen MR) is 86.5 cm³/mol. The van der Waals surface area contributed by atoms with Crippen molar-refractivity contribution in [1.82, 2.24) is 15.1 Å². The highest BCUT2D eigenvalue weighted by Crippen LogP contribution is 2.21. The summed E-state index contributed by atoms with van der Waals surface area (Å²) in [6, 6.07) is 6.78. The first-order chi connectivity index (χ1) is 11.3. The Balaban J connectivity index is 1.75. The molecular weight excluding hydrogens is 332 g/mol. The lowest BCUT2D eigenvalue weighted by Gasteiger charge is -2.31. The van der Waals surface area contributed by atoms with E-state index in [9.17, 15) is 13.2 Å². The molecule has 1 amide bonds. The molecule has 1 fully saturated rings. The molecule has 1 unspecified atom stereocenters. The molecule has 1 aliphatic rings. The molecule has 1 saturated heterocycles. The van der Waals surface area contributed by atoms with E-state index in [1.807, 2.05) is 0 Å². The first-order valence-electron chi connectivity index (χ1n) is 7.56. The maximum Gasteiger partial charge on any atom is 0.253 e. The Bertz CT molecular complexity index is 845. The normalized spacial score (nSPS) is 18.6. The van der Waals surface area contributed by atoms with E-state index in [2.05, 4.69) is 10.2 Å². The first-order valence-corrected chi connectivity index (χ1v) is 9.17. The fraction of sp³-hybridized carbons (Fsp3) is 0.400. The summed E-state index contributed by atoms with van der Waals surface area (Å²) in [7, 11) is -3.64. The van der Waals surface area contributed by atoms with E-state index < -0.39 is 15.3 Å². The second kappa shape index (κ2) is 6.33. The van der Waals surface area contributed by atoms with Gasteiger partial charge in [-0.2, -0.15) is 0 Å². The highest BCUT2D eigenvalue weighted by Gasteiger charge is 2.30. The van der Waals surface area contributed by atoms with Gasteiger partial charge in [0.2, 0.25) is 21.8 Å². The van der Waals surface area contributed by atoms with Crippen LogP contribution in [0, 0.1) is 6.92 Å². The van der Waals surface area contributed by atoms with Crippen LogP contribution < -0.4 is 5.14 Å². The lowest BCUT2D eigenvalue weighted by atomic mass is 10.1. The summed E-state index contributed by atoms with van der Waals surface area (Å²) >= 11 is 0. The van der Waals surface area contributed by atoms with Crippen molar-refractivity contribution in [3.8, 4) is 11.5 Å². The summed E-state index contributed by atoms with van der Waals surface area (Å²) in [5.74, 6) is 0.642. The van der Waals surface area contributed by atoms with Crippen LogP contribution in [0.1, 0.15) is 29.1 Å². The van der Waals surface area contributed by atoms with E-state index in [1.54, 1.807) is 31.2 Å². The lowest BCUT2D eigenvalue weighted by molar-refractivity contribution is 0.0727. The molecule has 2 heterocycles. The lowest BCUT2D eigenvalue weighted by Crippen LogP contribution is -2.47. The van der Waals surface area contributed by atoms with Crippen molar-refractivity contribution >= 4 is 15.9 Å². The van der Waals surface area contributed by atoms with Crippen LogP contribution in [0.15, 0.2) is 28.7 Å². The van der Waals surface area contributed by atoms with E-state index in [1.165, 1.54) is 4.90 Å². The molecule has 0 bridgehead atoms. The van der Waals surface area contributed by atoms with Gasteiger partial charge in [0.25, 0.3) is 5.91 Å². The molecule has 8 nitrogen and oxygen atoms in total. The summed E-state index contributed by atoms with van der Waals surface area (Å²) in [5, 5.41) is 12.2. The van der Waals surface area contributed by atoms with Crippen LogP contribution in [0.2, 0.25) is 0 Å². The van der Waals surface area contributed by atoms with E-state index in [0.717, 1.165) is 0 Å². The number of carbonyl (C=O) groups excluding carboxylic acids is 1. The van der Waals surface area contributed by atoms with Crippen LogP contribution in [0.4, 0.5) is 0 Å². The fourth-order valence-corrected chi connectivity index (χ4v) is 3.62. The summed E-state index contributed by atoms with van der Waals surface area (Å²) in [5.41, 5.74) is 1.19. The minimum Gasteiger partial charge on any atom is -0.421 e. The van der Waals surface area contributed by atoms with Gasteiger partial charge in [-0.3, -0.25) is 4.79 Å². The molecule has 3 rings (SSSR count). The monoisotopic (exact) mass is 350 g/mol. The third-order valence-corrected chi connectivity index (χ3v) is 5.35. The van der Waals surface area contributed by atoms with Gasteiger partial charge < -0.3 is 9.32 Å². The number of hydrogen-bond donors (Lipinski definition) is 1. The van der Waals surface area contributed by atoms with Crippen molar-refractivity contribution in [2.45, 2.75) is 25.0 Å². The number of carbonyl (C=O) groups is 1. The number of rotatable bonds is 3. The molecule has 1 aromatic heterocycles. The Morgan fingerprint density at radius 3 is 2.58 bits per heavy atom. The van der Waals surface area contributed by atoms with Gasteiger partial charge in [-0.25, -0.2) is 13.6 Å². The summed E-state index contributed by atoms with van der Waals surface area (Å²) in [4.78, 5) is 14.1. The van der Waals surface area contributed by atoms with E-state index in [4.69, 9.17) is 9.56 Å². The number of benzene rings is 1. The highest BCUT2D eigenvalue weighted by atomic mass is 32.2. The quantitative estimate of drug-likeness (QED) is 0.879. The number of amides is 1. The Labute approximate surface area is 139 Å². The van der Waals surface area contributed by atoms with E-state index >= 15 is 0 Å². The Morgan fingerprint density at radius 2 is 2.00 bits per heavy atom. The third kappa shape index (κ3) is 3.46. The standard InChI is InChI=1S/C15H18N4O4S/c1-10-17-18-14(23-10)11-4-6-12(7-5-11)15(20)19-8-2-3-13(9-19)24(16,21)22/h4-7,13H,2-3,8-9H2,1H3,(H2,16,21,22). The topological polar surface area (TPSA) is 119 Å². The molecule has 0 radical (unpaired) electrons. The Kier molecular flexibility index (Phi) is 4.37. The molecule has 0 saturated carbocycles. The molecule has 24 heavy (non-hydrogen) atoms. The van der Waals surface area contributed by atoms with Crippen LogP contribution in [0.25, 0.3) is 11.5 Å². The second-order valence-corrected chi connectivity index (χ2v) is 7.65. The van der Waals surface area contributed by atoms with Crippen molar-refractivity contribution in [1.29, 1.82) is 0 Å². The van der Waals surface area contributed by atoms with E-state index in [0.29, 0.717) is 42.3 Å². The molecular formula is C15H18N4O4S. The number of aromatic nitrogens is 2.